The summed E-state index contributed by atoms with van der Waals surface area (Å²) in [6, 6.07) is 5.27. The number of ether oxygens (including phenoxy) is 1. The van der Waals surface area contributed by atoms with Gasteiger partial charge in [-0.3, -0.25) is 4.79 Å². The van der Waals surface area contributed by atoms with Gasteiger partial charge in [0.05, 0.1) is 25.2 Å². The van der Waals surface area contributed by atoms with Crippen LogP contribution in [0.4, 0.5) is 0 Å². The molecule has 0 unspecified atom stereocenters. The normalized spacial score (nSPS) is 9.76. The van der Waals surface area contributed by atoms with Crippen LogP contribution < -0.4 is 0 Å². The highest BCUT2D eigenvalue weighted by Crippen LogP contribution is 2.24. The van der Waals surface area contributed by atoms with Gasteiger partial charge in [-0.1, -0.05) is 6.07 Å². The highest BCUT2D eigenvalue weighted by molar-refractivity contribution is 9.10. The van der Waals surface area contributed by atoms with E-state index in [0.29, 0.717) is 27.8 Å². The zero-order chi connectivity index (χ0) is 12.8. The molecular weight excluding hydrogens is 286 g/mol. The van der Waals surface area contributed by atoms with Crippen LogP contribution in [0.1, 0.15) is 23.6 Å². The van der Waals surface area contributed by atoms with Crippen molar-refractivity contribution < 1.29 is 14.6 Å². The first-order chi connectivity index (χ1) is 8.12. The lowest BCUT2D eigenvalue weighted by Crippen LogP contribution is -2.09. The molecule has 1 aromatic rings. The number of esters is 1. The van der Waals surface area contributed by atoms with E-state index in [4.69, 9.17) is 15.1 Å². The third-order valence-electron chi connectivity index (χ3n) is 2.15. The second kappa shape index (κ2) is 6.38. The predicted octanol–water partition coefficient (Wildman–Crippen LogP) is 1.92. The predicted molar refractivity (Wildman–Crippen MR) is 65.1 cm³/mol. The van der Waals surface area contributed by atoms with E-state index in [9.17, 15) is 4.79 Å². The monoisotopic (exact) mass is 297 g/mol. The third-order valence-corrected chi connectivity index (χ3v) is 3.09. The molecular formula is C12H12BrNO3. The first-order valence-electron chi connectivity index (χ1n) is 5.10. The van der Waals surface area contributed by atoms with Gasteiger partial charge >= 0.3 is 5.97 Å². The number of halogens is 1. The van der Waals surface area contributed by atoms with E-state index >= 15 is 0 Å². The van der Waals surface area contributed by atoms with Crippen molar-refractivity contribution in [3.63, 3.8) is 0 Å². The topological polar surface area (TPSA) is 70.3 Å². The van der Waals surface area contributed by atoms with Gasteiger partial charge in [-0.2, -0.15) is 5.26 Å². The SMILES string of the molecule is CCOC(=O)Cc1cc(CO)cc(C#N)c1Br. The van der Waals surface area contributed by atoms with Crippen LogP contribution in [0, 0.1) is 11.3 Å². The highest BCUT2D eigenvalue weighted by atomic mass is 79.9. The van der Waals surface area contributed by atoms with Crippen molar-refractivity contribution in [2.24, 2.45) is 0 Å². The second-order valence-electron chi connectivity index (χ2n) is 3.37. The van der Waals surface area contributed by atoms with Gasteiger partial charge in [0.2, 0.25) is 0 Å². The van der Waals surface area contributed by atoms with Crippen LogP contribution >= 0.6 is 15.9 Å². The Morgan fingerprint density at radius 2 is 2.29 bits per heavy atom. The molecule has 5 heteroatoms. The average molecular weight is 298 g/mol. The first-order valence-corrected chi connectivity index (χ1v) is 5.89. The Morgan fingerprint density at radius 3 is 2.82 bits per heavy atom. The number of aliphatic hydroxyl groups is 1. The van der Waals surface area contributed by atoms with E-state index in [0.717, 1.165) is 0 Å². The fraction of sp³-hybridized carbons (Fsp3) is 0.333. The minimum absolute atomic E-state index is 0.0803. The van der Waals surface area contributed by atoms with E-state index in [1.165, 1.54) is 0 Å². The van der Waals surface area contributed by atoms with E-state index in [1.807, 2.05) is 6.07 Å². The lowest BCUT2D eigenvalue weighted by atomic mass is 10.0. The quantitative estimate of drug-likeness (QED) is 0.862. The van der Waals surface area contributed by atoms with Crippen molar-refractivity contribution in [2.45, 2.75) is 20.0 Å². The molecule has 0 aromatic heterocycles. The Bertz CT molecular complexity index is 466. The highest BCUT2D eigenvalue weighted by Gasteiger charge is 2.12. The maximum atomic E-state index is 11.4. The number of nitriles is 1. The second-order valence-corrected chi connectivity index (χ2v) is 4.16. The largest absolute Gasteiger partial charge is 0.466 e. The molecule has 0 aliphatic rings. The number of benzene rings is 1. The van der Waals surface area contributed by atoms with Crippen molar-refractivity contribution in [3.8, 4) is 6.07 Å². The molecule has 1 aromatic carbocycles. The lowest BCUT2D eigenvalue weighted by molar-refractivity contribution is -0.142. The number of carbonyl (C=O) groups is 1. The summed E-state index contributed by atoms with van der Waals surface area (Å²) in [7, 11) is 0. The summed E-state index contributed by atoms with van der Waals surface area (Å²) in [6.07, 6.45) is 0.0803. The molecule has 0 atom stereocenters. The molecule has 0 amide bonds. The Balaban J connectivity index is 3.06. The molecule has 0 spiro atoms. The summed E-state index contributed by atoms with van der Waals surface area (Å²) >= 11 is 3.27. The van der Waals surface area contributed by atoms with E-state index in [-0.39, 0.29) is 19.0 Å². The fourth-order valence-electron chi connectivity index (χ4n) is 1.42. The minimum Gasteiger partial charge on any atom is -0.466 e. The van der Waals surface area contributed by atoms with Gasteiger partial charge in [-0.05, 0) is 40.0 Å². The molecule has 90 valence electrons. The Morgan fingerprint density at radius 1 is 1.59 bits per heavy atom. The molecule has 0 aliphatic heterocycles. The maximum Gasteiger partial charge on any atom is 0.310 e. The van der Waals surface area contributed by atoms with Crippen LogP contribution in [0.3, 0.4) is 0 Å². The number of hydrogen-bond donors (Lipinski definition) is 1. The van der Waals surface area contributed by atoms with Crippen LogP contribution in [0.5, 0.6) is 0 Å². The molecule has 1 rings (SSSR count). The Kier molecular flexibility index (Phi) is 5.13. The lowest BCUT2D eigenvalue weighted by Gasteiger charge is -2.08. The molecule has 0 fully saturated rings. The maximum absolute atomic E-state index is 11.4. The summed E-state index contributed by atoms with van der Waals surface area (Å²) in [6.45, 7) is 1.89. The van der Waals surface area contributed by atoms with Crippen LogP contribution in [0.25, 0.3) is 0 Å². The molecule has 0 saturated carbocycles. The van der Waals surface area contributed by atoms with Crippen LogP contribution in [0.15, 0.2) is 16.6 Å². The fourth-order valence-corrected chi connectivity index (χ4v) is 1.88. The summed E-state index contributed by atoms with van der Waals surface area (Å²) in [5.74, 6) is -0.354. The Labute approximate surface area is 108 Å². The van der Waals surface area contributed by atoms with Gasteiger partial charge < -0.3 is 9.84 Å². The van der Waals surface area contributed by atoms with Gasteiger partial charge in [-0.15, -0.1) is 0 Å². The molecule has 0 aliphatic carbocycles. The van der Waals surface area contributed by atoms with E-state index in [1.54, 1.807) is 19.1 Å². The van der Waals surface area contributed by atoms with Crippen molar-refractivity contribution in [1.82, 2.24) is 0 Å². The van der Waals surface area contributed by atoms with Gasteiger partial charge in [-0.25, -0.2) is 0 Å². The van der Waals surface area contributed by atoms with Gasteiger partial charge in [0.25, 0.3) is 0 Å². The van der Waals surface area contributed by atoms with Crippen molar-refractivity contribution in [2.75, 3.05) is 6.61 Å². The van der Waals surface area contributed by atoms with E-state index < -0.39 is 0 Å². The van der Waals surface area contributed by atoms with Crippen LogP contribution in [0.2, 0.25) is 0 Å². The number of rotatable bonds is 4. The van der Waals surface area contributed by atoms with Gasteiger partial charge in [0.1, 0.15) is 6.07 Å². The van der Waals surface area contributed by atoms with Crippen LogP contribution in [-0.4, -0.2) is 17.7 Å². The molecule has 0 radical (unpaired) electrons. The third kappa shape index (κ3) is 3.55. The Hall–Kier alpha value is -1.38. The average Bonchev–Trinajstić information content (AvgIpc) is 2.32. The number of hydrogen-bond acceptors (Lipinski definition) is 4. The summed E-state index contributed by atoms with van der Waals surface area (Å²) in [5, 5.41) is 18.0. The minimum atomic E-state index is -0.354. The number of carbonyl (C=O) groups excluding carboxylic acids is 1. The first kappa shape index (κ1) is 13.7. The van der Waals surface area contributed by atoms with Crippen LogP contribution in [-0.2, 0) is 22.6 Å². The van der Waals surface area contributed by atoms with E-state index in [2.05, 4.69) is 15.9 Å². The molecule has 1 N–H and O–H groups in total. The zero-order valence-electron chi connectivity index (χ0n) is 9.36. The standard InChI is InChI=1S/C12H12BrNO3/c1-2-17-11(16)5-9-3-8(7-15)4-10(6-14)12(9)13/h3-4,15H,2,5,7H2,1H3. The molecule has 0 bridgehead atoms. The van der Waals surface area contributed by atoms with Crippen molar-refractivity contribution >= 4 is 21.9 Å². The van der Waals surface area contributed by atoms with Gasteiger partial charge in [0.15, 0.2) is 0 Å². The molecule has 0 saturated heterocycles. The van der Waals surface area contributed by atoms with Gasteiger partial charge in [0, 0.05) is 4.47 Å². The smallest absolute Gasteiger partial charge is 0.310 e. The molecule has 4 nitrogen and oxygen atoms in total. The summed E-state index contributed by atoms with van der Waals surface area (Å²) in [4.78, 5) is 11.4. The number of nitrogens with zero attached hydrogens (tertiary/aromatic N) is 1. The van der Waals surface area contributed by atoms with Crippen molar-refractivity contribution in [1.29, 1.82) is 5.26 Å². The zero-order valence-corrected chi connectivity index (χ0v) is 11.0. The number of aliphatic hydroxyl groups excluding tert-OH is 1. The summed E-state index contributed by atoms with van der Waals surface area (Å²) < 4.78 is 5.42. The molecule has 0 heterocycles. The molecule has 17 heavy (non-hydrogen) atoms. The van der Waals surface area contributed by atoms with Crippen molar-refractivity contribution in [3.05, 3.63) is 33.3 Å². The summed E-state index contributed by atoms with van der Waals surface area (Å²) in [5.41, 5.74) is 1.64.